The first-order valence-electron chi connectivity index (χ1n) is 5.61. The van der Waals surface area contributed by atoms with Crippen LogP contribution in [0.3, 0.4) is 0 Å². The first kappa shape index (κ1) is 44.6. The molecule has 0 aromatic carbocycles. The molecule has 0 aromatic heterocycles. The van der Waals surface area contributed by atoms with Crippen LogP contribution in [0.5, 0.6) is 0 Å². The summed E-state index contributed by atoms with van der Waals surface area (Å²) < 4.78 is 0. The molecule has 0 amide bonds. The van der Waals surface area contributed by atoms with E-state index in [-0.39, 0.29) is 58.1 Å². The third kappa shape index (κ3) is 32.4. The molecule has 0 unspecified atom stereocenters. The molecule has 0 rings (SSSR count). The van der Waals surface area contributed by atoms with Gasteiger partial charge in [0.05, 0.1) is 23.9 Å². The molecule has 0 saturated heterocycles. The molecule has 0 radical (unpaired) electrons. The Hall–Kier alpha value is -1.73. The monoisotopic (exact) mass is 440 g/mol. The number of nitrogens with zero attached hydrogens (tertiary/aromatic N) is 2. The summed E-state index contributed by atoms with van der Waals surface area (Å²) in [4.78, 5) is 43.4. The quantitative estimate of drug-likeness (QED) is 0.172. The van der Waals surface area contributed by atoms with E-state index in [2.05, 4.69) is 0 Å². The van der Waals surface area contributed by atoms with E-state index < -0.39 is 50.1 Å². The Morgan fingerprint density at radius 2 is 0.704 bits per heavy atom. The van der Waals surface area contributed by atoms with Crippen LogP contribution in [0, 0.1) is 0 Å². The Morgan fingerprint density at radius 1 is 0.556 bits per heavy atom. The molecule has 0 aromatic rings. The molecule has 0 atom stereocenters. The Balaban J connectivity index is -0.000000110. The molecule has 0 aliphatic rings. The Kier molecular flexibility index (Phi) is 43.8. The molecular weight excluding hydrogens is 416 g/mol. The zero-order valence-electron chi connectivity index (χ0n) is 14.7. The van der Waals surface area contributed by atoms with Gasteiger partial charge in [-0.15, -0.1) is 0 Å². The molecule has 27 heavy (non-hydrogen) atoms. The largest absolute Gasteiger partial charge is 4.00 e. The van der Waals surface area contributed by atoms with Gasteiger partial charge in [0.25, 0.3) is 0 Å². The van der Waals surface area contributed by atoms with Gasteiger partial charge in [-0.1, -0.05) is 0 Å². The number of carboxylic acids is 4. The molecule has 0 fully saturated rings. The number of hydrogen-bond donors (Lipinski definition) is 2. The minimum atomic E-state index is -1.53. The van der Waals surface area contributed by atoms with Gasteiger partial charge in [-0.05, 0) is 0 Å². The predicted molar refractivity (Wildman–Crippen MR) is 72.1 cm³/mol. The van der Waals surface area contributed by atoms with Crippen LogP contribution in [-0.2, 0) is 40.9 Å². The maximum atomic E-state index is 10.4. The molecule has 12 N–H and O–H groups in total. The summed E-state index contributed by atoms with van der Waals surface area (Å²) in [5, 5.41) is 55.6. The van der Waals surface area contributed by atoms with Crippen LogP contribution in [0.15, 0.2) is 0 Å². The fourth-order valence-electron chi connectivity index (χ4n) is 1.44. The third-order valence-electron chi connectivity index (χ3n) is 2.14. The van der Waals surface area contributed by atoms with Crippen molar-refractivity contribution in [3.05, 3.63) is 0 Å². The van der Waals surface area contributed by atoms with Crippen molar-refractivity contribution < 1.29 is 82.8 Å². The second kappa shape index (κ2) is 26.5. The van der Waals surface area contributed by atoms with Crippen molar-refractivity contribution in [3.63, 3.8) is 0 Å². The minimum Gasteiger partial charge on any atom is -1.00 e. The second-order valence-corrected chi connectivity index (χ2v) is 3.91. The van der Waals surface area contributed by atoms with E-state index in [4.69, 9.17) is 10.5 Å². The first-order chi connectivity index (χ1) is 10.2. The maximum Gasteiger partial charge on any atom is 4.00 e. The van der Waals surface area contributed by atoms with E-state index in [0.717, 1.165) is 9.80 Å². The van der Waals surface area contributed by atoms with Crippen LogP contribution in [0.1, 0.15) is 0 Å². The van der Waals surface area contributed by atoms with Crippen LogP contribution < -0.4 is 43.2 Å². The zero-order valence-corrected chi connectivity index (χ0v) is 16.3. The van der Waals surface area contributed by atoms with E-state index in [1.54, 1.807) is 0 Å². The summed E-state index contributed by atoms with van der Waals surface area (Å²) >= 11 is 0. The van der Waals surface area contributed by atoms with Crippen LogP contribution in [0.4, 0.5) is 0 Å². The Morgan fingerprint density at radius 3 is 0.815 bits per heavy atom. The Labute approximate surface area is 168 Å². The molecule has 0 aliphatic carbocycles. The number of quaternary nitrogens is 2. The van der Waals surface area contributed by atoms with Gasteiger partial charge in [0.1, 0.15) is 0 Å². The van der Waals surface area contributed by atoms with E-state index in [1.165, 1.54) is 0 Å². The maximum absolute atomic E-state index is 10.4. The number of rotatable bonds is 11. The van der Waals surface area contributed by atoms with Crippen LogP contribution >= 0.6 is 0 Å². The summed E-state index contributed by atoms with van der Waals surface area (Å²) in [6, 6.07) is 0. The summed E-state index contributed by atoms with van der Waals surface area (Å²) in [7, 11) is 0. The summed E-state index contributed by atoms with van der Waals surface area (Å²) in [5.74, 6) is -6.12. The second-order valence-electron chi connectivity index (χ2n) is 3.91. The van der Waals surface area contributed by atoms with E-state index >= 15 is 0 Å². The van der Waals surface area contributed by atoms with Gasteiger partial charge in [-0.3, -0.25) is 9.80 Å². The van der Waals surface area contributed by atoms with Crippen molar-refractivity contribution in [3.8, 4) is 0 Å². The van der Waals surface area contributed by atoms with Crippen molar-refractivity contribution in [2.24, 2.45) is 0 Å². The molecule has 17 heteroatoms. The summed E-state index contributed by atoms with van der Waals surface area (Å²) in [5.41, 5.74) is 0. The average molecular weight is 440 g/mol. The van der Waals surface area contributed by atoms with Gasteiger partial charge in [-0.2, -0.15) is 0 Å². The number of hydrogen-bond acceptors (Lipinski definition) is 12. The molecule has 0 heterocycles. The van der Waals surface area contributed by atoms with Gasteiger partial charge < -0.3 is 73.4 Å². The fraction of sp³-hybridized carbons (Fsp3) is 0.600. The number of carboxylic acid groups (broad SMARTS) is 4. The van der Waals surface area contributed by atoms with Gasteiger partial charge in [0.2, 0.25) is 0 Å². The molecule has 0 spiro atoms. The smallest absolute Gasteiger partial charge is 1.00 e. The van der Waals surface area contributed by atoms with E-state index in [9.17, 15) is 39.6 Å². The van der Waals surface area contributed by atoms with E-state index in [1.807, 2.05) is 0 Å². The van der Waals surface area contributed by atoms with Gasteiger partial charge in [0, 0.05) is 39.3 Å². The van der Waals surface area contributed by atoms with Crippen LogP contribution in [-0.4, -0.2) is 83.9 Å². The van der Waals surface area contributed by atoms with Crippen molar-refractivity contribution in [1.82, 2.24) is 22.1 Å². The third-order valence-corrected chi connectivity index (χ3v) is 2.14. The van der Waals surface area contributed by atoms with Crippen molar-refractivity contribution in [1.29, 1.82) is 0 Å². The molecular formula is C10H24N4O12Ti. The Bertz CT molecular complexity index is 332. The zero-order chi connectivity index (χ0) is 17.7. The van der Waals surface area contributed by atoms with Gasteiger partial charge >= 0.3 is 21.7 Å². The molecule has 160 valence electrons. The fourth-order valence-corrected chi connectivity index (χ4v) is 1.44. The van der Waals surface area contributed by atoms with Crippen molar-refractivity contribution >= 4 is 23.9 Å². The predicted octanol–water partition coefficient (Wildman–Crippen LogP) is -10.7. The molecule has 0 bridgehead atoms. The molecule has 16 nitrogen and oxygen atoms in total. The molecule has 0 saturated carbocycles. The van der Waals surface area contributed by atoms with E-state index in [0.29, 0.717) is 0 Å². The topological polar surface area (TPSA) is 349 Å². The summed E-state index contributed by atoms with van der Waals surface area (Å²) in [6.45, 7) is -3.25. The van der Waals surface area contributed by atoms with Crippen molar-refractivity contribution in [2.45, 2.75) is 0 Å². The number of carbonyl (C=O) groups is 4. The van der Waals surface area contributed by atoms with Crippen LogP contribution in [0.2, 0.25) is 0 Å². The average Bonchev–Trinajstić information content (AvgIpc) is 2.35. The normalized spacial score (nSPS) is 8.15. The van der Waals surface area contributed by atoms with Gasteiger partial charge in [0.15, 0.2) is 0 Å². The number of aliphatic carboxylic acids is 4. The van der Waals surface area contributed by atoms with Crippen molar-refractivity contribution in [2.75, 3.05) is 39.3 Å². The first-order valence-corrected chi connectivity index (χ1v) is 5.61. The molecule has 0 aliphatic heterocycles. The summed E-state index contributed by atoms with van der Waals surface area (Å²) in [6.07, 6.45) is 0. The van der Waals surface area contributed by atoms with Crippen LogP contribution in [0.25, 0.3) is 0 Å². The van der Waals surface area contributed by atoms with Gasteiger partial charge in [-0.25, -0.2) is 0 Å². The number of carbonyl (C=O) groups excluding carboxylic acids is 4. The SMILES string of the molecule is O.O.O=C([O-])CN(CCN(CC(=O)[O-])CC(=O)[O-])CC(=O)[O-].[NH4+].[NH4+].[O-][O-].[Ti+4]. The minimum absolute atomic E-state index is 0. The standard InChI is InChI=1S/C10H16N2O8.2H3N.O2.2H2O.Ti/c13-7(14)3-11(4-8(15)16)1-2-12(5-9(17)18)6-10(19)20;;;1-2;;;/h1-6H2,(H,13,14)(H,15,16)(H,17,18)(H,19,20);2*1H3;;2*1H2;/q;;;-2;;;+4/p-2.